The molecule has 0 fully saturated rings. The van der Waals surface area contributed by atoms with Gasteiger partial charge >= 0.3 is 0 Å². The summed E-state index contributed by atoms with van der Waals surface area (Å²) in [6.07, 6.45) is 1.48. The molecule has 0 aliphatic carbocycles. The maximum atomic E-state index is 9.42. The van der Waals surface area contributed by atoms with Crippen LogP contribution in [0.5, 0.6) is 0 Å². The predicted octanol–water partition coefficient (Wildman–Crippen LogP) is 1.37. The normalized spacial score (nSPS) is 19.4. The molecule has 0 spiro atoms. The standard InChI is InChI=1S/C9H19O2/c1-4-6-8(7(3)10)9(11)5-2/h7-11H,3-6H2,1-2H3. The molecule has 0 saturated carbocycles. The van der Waals surface area contributed by atoms with Gasteiger partial charge < -0.3 is 10.2 Å². The van der Waals surface area contributed by atoms with Crippen molar-refractivity contribution in [1.29, 1.82) is 0 Å². The molecule has 0 aliphatic rings. The summed E-state index contributed by atoms with van der Waals surface area (Å²) in [5, 5.41) is 18.6. The van der Waals surface area contributed by atoms with Crippen molar-refractivity contribution in [2.75, 3.05) is 0 Å². The largest absolute Gasteiger partial charge is 0.393 e. The first-order valence-electron chi connectivity index (χ1n) is 4.32. The second kappa shape index (κ2) is 5.56. The van der Waals surface area contributed by atoms with Gasteiger partial charge in [-0.2, -0.15) is 0 Å². The highest BCUT2D eigenvalue weighted by Gasteiger charge is 2.21. The zero-order chi connectivity index (χ0) is 8.85. The third-order valence-electron chi connectivity index (χ3n) is 2.03. The van der Waals surface area contributed by atoms with Crippen LogP contribution in [0.3, 0.4) is 0 Å². The number of rotatable bonds is 5. The highest BCUT2D eigenvalue weighted by Crippen LogP contribution is 2.17. The van der Waals surface area contributed by atoms with Crippen LogP contribution in [0.1, 0.15) is 33.1 Å². The Hall–Kier alpha value is -0.0800. The Labute approximate surface area is 69.2 Å². The molecule has 11 heavy (non-hydrogen) atoms. The van der Waals surface area contributed by atoms with E-state index in [1.165, 1.54) is 0 Å². The third kappa shape index (κ3) is 3.73. The zero-order valence-electron chi connectivity index (χ0n) is 7.45. The van der Waals surface area contributed by atoms with Crippen LogP contribution in [0, 0.1) is 12.8 Å². The summed E-state index contributed by atoms with van der Waals surface area (Å²) in [4.78, 5) is 0. The number of aliphatic hydroxyl groups is 2. The fourth-order valence-electron chi connectivity index (χ4n) is 1.28. The molecule has 0 aromatic heterocycles. The molecule has 2 heteroatoms. The highest BCUT2D eigenvalue weighted by atomic mass is 16.3. The molecule has 3 unspecified atom stereocenters. The van der Waals surface area contributed by atoms with Gasteiger partial charge in [-0.3, -0.25) is 0 Å². The maximum absolute atomic E-state index is 9.42. The second-order valence-electron chi connectivity index (χ2n) is 3.00. The van der Waals surface area contributed by atoms with Crippen LogP contribution in [0.2, 0.25) is 0 Å². The minimum absolute atomic E-state index is 0.0509. The van der Waals surface area contributed by atoms with E-state index < -0.39 is 12.2 Å². The Morgan fingerprint density at radius 1 is 1.27 bits per heavy atom. The lowest BCUT2D eigenvalue weighted by Crippen LogP contribution is -2.29. The van der Waals surface area contributed by atoms with Crippen LogP contribution in [-0.2, 0) is 0 Å². The molecule has 0 heterocycles. The molecular weight excluding hydrogens is 140 g/mol. The van der Waals surface area contributed by atoms with Crippen LogP contribution in [0.15, 0.2) is 0 Å². The third-order valence-corrected chi connectivity index (χ3v) is 2.03. The Morgan fingerprint density at radius 3 is 2.09 bits per heavy atom. The first kappa shape index (κ1) is 10.9. The van der Waals surface area contributed by atoms with Crippen LogP contribution >= 0.6 is 0 Å². The quantitative estimate of drug-likeness (QED) is 0.636. The van der Waals surface area contributed by atoms with Gasteiger partial charge in [0.1, 0.15) is 0 Å². The Balaban J connectivity index is 3.87. The van der Waals surface area contributed by atoms with Gasteiger partial charge in [0.15, 0.2) is 0 Å². The summed E-state index contributed by atoms with van der Waals surface area (Å²) >= 11 is 0. The monoisotopic (exact) mass is 159 g/mol. The fraction of sp³-hybridized carbons (Fsp3) is 0.889. The smallest absolute Gasteiger partial charge is 0.0594 e. The molecule has 0 aromatic rings. The molecule has 0 rings (SSSR count). The minimum atomic E-state index is -0.634. The van der Waals surface area contributed by atoms with E-state index in [1.807, 2.05) is 13.8 Å². The molecular formula is C9H19O2. The Kier molecular flexibility index (Phi) is 5.51. The first-order valence-corrected chi connectivity index (χ1v) is 4.32. The molecule has 3 atom stereocenters. The van der Waals surface area contributed by atoms with Crippen molar-refractivity contribution < 1.29 is 10.2 Å². The highest BCUT2D eigenvalue weighted by molar-refractivity contribution is 4.76. The fourth-order valence-corrected chi connectivity index (χ4v) is 1.28. The number of hydrogen-bond donors (Lipinski definition) is 2. The molecule has 2 nitrogen and oxygen atoms in total. The SMILES string of the molecule is [CH2]C(O)C(CCC)C(O)CC. The van der Waals surface area contributed by atoms with Crippen molar-refractivity contribution in [3.8, 4) is 0 Å². The van der Waals surface area contributed by atoms with E-state index in [2.05, 4.69) is 6.92 Å². The van der Waals surface area contributed by atoms with Crippen LogP contribution in [0.4, 0.5) is 0 Å². The van der Waals surface area contributed by atoms with Gasteiger partial charge in [0.2, 0.25) is 0 Å². The first-order chi connectivity index (χ1) is 5.13. The summed E-state index contributed by atoms with van der Waals surface area (Å²) in [5.41, 5.74) is 0. The Morgan fingerprint density at radius 2 is 1.82 bits per heavy atom. The summed E-state index contributed by atoms with van der Waals surface area (Å²) in [6, 6.07) is 0. The van der Waals surface area contributed by atoms with E-state index in [9.17, 15) is 10.2 Å². The van der Waals surface area contributed by atoms with Crippen molar-refractivity contribution >= 4 is 0 Å². The topological polar surface area (TPSA) is 40.5 Å². The van der Waals surface area contributed by atoms with Gasteiger partial charge in [0.05, 0.1) is 12.2 Å². The average Bonchev–Trinajstić information content (AvgIpc) is 1.98. The molecule has 0 saturated heterocycles. The Bertz CT molecular complexity index is 91.6. The van der Waals surface area contributed by atoms with E-state index in [0.717, 1.165) is 12.8 Å². The summed E-state index contributed by atoms with van der Waals surface area (Å²) < 4.78 is 0. The maximum Gasteiger partial charge on any atom is 0.0594 e. The van der Waals surface area contributed by atoms with Crippen molar-refractivity contribution in [2.24, 2.45) is 5.92 Å². The van der Waals surface area contributed by atoms with Gasteiger partial charge in [-0.1, -0.05) is 20.3 Å². The molecule has 0 amide bonds. The van der Waals surface area contributed by atoms with Crippen LogP contribution in [0.25, 0.3) is 0 Å². The lowest BCUT2D eigenvalue weighted by molar-refractivity contribution is 0.0268. The second-order valence-corrected chi connectivity index (χ2v) is 3.00. The molecule has 2 N–H and O–H groups in total. The van der Waals surface area contributed by atoms with E-state index in [-0.39, 0.29) is 5.92 Å². The zero-order valence-corrected chi connectivity index (χ0v) is 7.45. The van der Waals surface area contributed by atoms with Crippen molar-refractivity contribution in [1.82, 2.24) is 0 Å². The van der Waals surface area contributed by atoms with E-state index >= 15 is 0 Å². The van der Waals surface area contributed by atoms with Crippen molar-refractivity contribution in [3.05, 3.63) is 6.92 Å². The van der Waals surface area contributed by atoms with E-state index in [0.29, 0.717) is 6.42 Å². The summed E-state index contributed by atoms with van der Waals surface area (Å²) in [5.74, 6) is -0.0509. The number of aliphatic hydroxyl groups excluding tert-OH is 2. The van der Waals surface area contributed by atoms with Crippen LogP contribution in [-0.4, -0.2) is 22.4 Å². The van der Waals surface area contributed by atoms with Gasteiger partial charge in [-0.05, 0) is 19.8 Å². The van der Waals surface area contributed by atoms with E-state index in [4.69, 9.17) is 0 Å². The van der Waals surface area contributed by atoms with Crippen molar-refractivity contribution in [2.45, 2.75) is 45.3 Å². The molecule has 0 aromatic carbocycles. The minimum Gasteiger partial charge on any atom is -0.393 e. The summed E-state index contributed by atoms with van der Waals surface area (Å²) in [6.45, 7) is 7.47. The molecule has 0 aliphatic heterocycles. The molecule has 1 radical (unpaired) electrons. The van der Waals surface area contributed by atoms with E-state index in [1.54, 1.807) is 0 Å². The van der Waals surface area contributed by atoms with Gasteiger partial charge in [-0.15, -0.1) is 0 Å². The van der Waals surface area contributed by atoms with Gasteiger partial charge in [-0.25, -0.2) is 0 Å². The predicted molar refractivity (Wildman–Crippen MR) is 46.1 cm³/mol. The van der Waals surface area contributed by atoms with Gasteiger partial charge in [0.25, 0.3) is 0 Å². The van der Waals surface area contributed by atoms with Crippen LogP contribution < -0.4 is 0 Å². The molecule has 67 valence electrons. The summed E-state index contributed by atoms with van der Waals surface area (Å²) in [7, 11) is 0. The lowest BCUT2D eigenvalue weighted by atomic mass is 9.91. The van der Waals surface area contributed by atoms with Crippen molar-refractivity contribution in [3.63, 3.8) is 0 Å². The lowest BCUT2D eigenvalue weighted by Gasteiger charge is -2.23. The average molecular weight is 159 g/mol. The number of hydrogen-bond acceptors (Lipinski definition) is 2. The molecule has 0 bridgehead atoms. The van der Waals surface area contributed by atoms with Gasteiger partial charge in [0, 0.05) is 5.92 Å².